The first-order chi connectivity index (χ1) is 9.56. The van der Waals surface area contributed by atoms with Gasteiger partial charge < -0.3 is 0 Å². The Bertz CT molecular complexity index is 856. The molecule has 0 aliphatic heterocycles. The van der Waals surface area contributed by atoms with Gasteiger partial charge in [-0.3, -0.25) is 10.2 Å². The second kappa shape index (κ2) is 4.64. The maximum atomic E-state index is 13.3. The molecule has 3 rings (SSSR count). The Morgan fingerprint density at radius 2 is 1.85 bits per heavy atom. The minimum atomic E-state index is -1.07. The van der Waals surface area contributed by atoms with Gasteiger partial charge in [-0.25, -0.2) is 13.9 Å². The van der Waals surface area contributed by atoms with E-state index in [-0.39, 0.29) is 10.9 Å². The maximum absolute atomic E-state index is 13.3. The van der Waals surface area contributed by atoms with Crippen LogP contribution >= 0.6 is 11.6 Å². The van der Waals surface area contributed by atoms with Crippen LogP contribution in [-0.4, -0.2) is 9.89 Å². The van der Waals surface area contributed by atoms with Crippen molar-refractivity contribution in [3.05, 3.63) is 63.4 Å². The number of para-hydroxylation sites is 1. The molecule has 0 amide bonds. The molecule has 1 heterocycles. The lowest BCUT2D eigenvalue weighted by Crippen LogP contribution is -2.14. The highest BCUT2D eigenvalue weighted by atomic mass is 35.5. The summed E-state index contributed by atoms with van der Waals surface area (Å²) in [5, 5.41) is 2.91. The van der Waals surface area contributed by atoms with Gasteiger partial charge in [-0.05, 0) is 18.2 Å². The number of aromatic amines is 1. The maximum Gasteiger partial charge on any atom is 0.273 e. The van der Waals surface area contributed by atoms with E-state index in [1.165, 1.54) is 4.79 Å². The predicted octanol–water partition coefficient (Wildman–Crippen LogP) is 3.14. The first-order valence-electron chi connectivity index (χ1n) is 5.67. The summed E-state index contributed by atoms with van der Waals surface area (Å²) < 4.78 is 26.4. The predicted molar refractivity (Wildman–Crippen MR) is 72.9 cm³/mol. The number of hydrogen-bond donors (Lipinski definition) is 2. The molecule has 3 aromatic rings. The molecule has 0 saturated carbocycles. The second-order valence-corrected chi connectivity index (χ2v) is 4.56. The molecule has 102 valence electrons. The molecule has 0 radical (unpaired) electrons. The molecule has 0 bridgehead atoms. The van der Waals surface area contributed by atoms with Gasteiger partial charge in [0.25, 0.3) is 5.56 Å². The Morgan fingerprint density at radius 1 is 1.15 bits per heavy atom. The minimum Gasteiger partial charge on any atom is -0.278 e. The Balaban J connectivity index is 2.16. The van der Waals surface area contributed by atoms with Crippen molar-refractivity contribution in [1.29, 1.82) is 0 Å². The highest BCUT2D eigenvalue weighted by molar-refractivity contribution is 6.33. The first kappa shape index (κ1) is 12.7. The number of halogens is 3. The van der Waals surface area contributed by atoms with E-state index in [1.807, 2.05) is 0 Å². The third-order valence-electron chi connectivity index (χ3n) is 2.84. The van der Waals surface area contributed by atoms with Gasteiger partial charge in [0, 0.05) is 6.07 Å². The van der Waals surface area contributed by atoms with Crippen LogP contribution in [-0.2, 0) is 0 Å². The summed E-state index contributed by atoms with van der Waals surface area (Å²) in [6.07, 6.45) is 0. The van der Waals surface area contributed by atoms with Gasteiger partial charge in [-0.1, -0.05) is 23.7 Å². The number of nitrogens with one attached hydrogen (secondary N) is 2. The average molecular weight is 296 g/mol. The molecule has 0 aliphatic carbocycles. The number of nitrogens with zero attached hydrogens (tertiary/aromatic N) is 1. The number of fused-ring (bicyclic) bond motifs is 1. The van der Waals surface area contributed by atoms with Crippen LogP contribution in [0, 0.1) is 11.6 Å². The Labute approximate surface area is 116 Å². The Morgan fingerprint density at radius 3 is 2.60 bits per heavy atom. The van der Waals surface area contributed by atoms with E-state index in [0.717, 1.165) is 12.1 Å². The number of benzene rings is 2. The van der Waals surface area contributed by atoms with Gasteiger partial charge in [0.15, 0.2) is 11.6 Å². The van der Waals surface area contributed by atoms with Crippen molar-refractivity contribution in [3.63, 3.8) is 0 Å². The minimum absolute atomic E-state index is 0.0449. The summed E-state index contributed by atoms with van der Waals surface area (Å²) in [5.41, 5.74) is 3.00. The van der Waals surface area contributed by atoms with Gasteiger partial charge in [0.05, 0.1) is 21.6 Å². The van der Waals surface area contributed by atoms with Crippen molar-refractivity contribution >= 4 is 28.2 Å². The van der Waals surface area contributed by atoms with Gasteiger partial charge in [-0.2, -0.15) is 4.79 Å². The van der Waals surface area contributed by atoms with Crippen LogP contribution in [0.4, 0.5) is 14.5 Å². The zero-order valence-electron chi connectivity index (χ0n) is 9.95. The number of rotatable bonds is 2. The van der Waals surface area contributed by atoms with Crippen LogP contribution in [0.15, 0.2) is 41.2 Å². The van der Waals surface area contributed by atoms with Gasteiger partial charge in [0.1, 0.15) is 0 Å². The van der Waals surface area contributed by atoms with Crippen molar-refractivity contribution in [3.8, 4) is 0 Å². The molecule has 0 atom stereocenters. The summed E-state index contributed by atoms with van der Waals surface area (Å²) in [4.78, 5) is 12.9. The molecule has 4 nitrogen and oxygen atoms in total. The number of H-pyrrole nitrogens is 1. The largest absolute Gasteiger partial charge is 0.278 e. The number of anilines is 1. The van der Waals surface area contributed by atoms with Crippen LogP contribution in [0.1, 0.15) is 0 Å². The van der Waals surface area contributed by atoms with Crippen molar-refractivity contribution in [2.24, 2.45) is 0 Å². The molecule has 0 unspecified atom stereocenters. The van der Waals surface area contributed by atoms with Crippen LogP contribution in [0.3, 0.4) is 0 Å². The van der Waals surface area contributed by atoms with E-state index in [9.17, 15) is 13.6 Å². The third-order valence-corrected chi connectivity index (χ3v) is 3.17. The van der Waals surface area contributed by atoms with Gasteiger partial charge in [0.2, 0.25) is 0 Å². The van der Waals surface area contributed by atoms with Crippen molar-refractivity contribution < 1.29 is 8.78 Å². The summed E-state index contributed by atoms with van der Waals surface area (Å²) in [7, 11) is 0. The lowest BCUT2D eigenvalue weighted by Gasteiger charge is -2.09. The van der Waals surface area contributed by atoms with Crippen LogP contribution < -0.4 is 11.0 Å². The molecular formula is C13H8ClF2N3O. The number of aromatic nitrogens is 2. The van der Waals surface area contributed by atoms with E-state index < -0.39 is 17.2 Å². The van der Waals surface area contributed by atoms with Gasteiger partial charge in [-0.15, -0.1) is 0 Å². The van der Waals surface area contributed by atoms with Crippen molar-refractivity contribution in [2.75, 3.05) is 5.43 Å². The molecule has 0 aliphatic rings. The second-order valence-electron chi connectivity index (χ2n) is 4.15. The standard InChI is InChI=1S/C13H8ClF2N3O/c14-8-3-1-2-4-11(8)17-19-12-6-10(16)9(15)5-7(12)13(20)18-19/h1-6,17H,(H,18,20). The molecule has 7 heteroatoms. The summed E-state index contributed by atoms with van der Waals surface area (Å²) in [5.74, 6) is -2.11. The van der Waals surface area contributed by atoms with Crippen LogP contribution in [0.25, 0.3) is 10.9 Å². The normalized spacial score (nSPS) is 10.9. The fraction of sp³-hybridized carbons (Fsp3) is 0. The van der Waals surface area contributed by atoms with E-state index in [1.54, 1.807) is 24.3 Å². The van der Waals surface area contributed by atoms with E-state index in [4.69, 9.17) is 11.6 Å². The molecular weight excluding hydrogens is 288 g/mol. The van der Waals surface area contributed by atoms with Gasteiger partial charge >= 0.3 is 0 Å². The summed E-state index contributed by atoms with van der Waals surface area (Å²) in [6, 6.07) is 8.64. The molecule has 2 aromatic carbocycles. The quantitative estimate of drug-likeness (QED) is 0.763. The molecule has 20 heavy (non-hydrogen) atoms. The lowest BCUT2D eigenvalue weighted by molar-refractivity contribution is 0.510. The highest BCUT2D eigenvalue weighted by Gasteiger charge is 2.12. The third kappa shape index (κ3) is 2.04. The van der Waals surface area contributed by atoms with E-state index in [0.29, 0.717) is 10.7 Å². The zero-order valence-corrected chi connectivity index (χ0v) is 10.7. The summed E-state index contributed by atoms with van der Waals surface area (Å²) in [6.45, 7) is 0. The fourth-order valence-electron chi connectivity index (χ4n) is 1.89. The molecule has 0 fully saturated rings. The zero-order chi connectivity index (χ0) is 14.3. The molecule has 0 saturated heterocycles. The average Bonchev–Trinajstić information content (AvgIpc) is 2.70. The smallest absolute Gasteiger partial charge is 0.273 e. The molecule has 2 N–H and O–H groups in total. The Hall–Kier alpha value is -2.34. The van der Waals surface area contributed by atoms with E-state index >= 15 is 0 Å². The van der Waals surface area contributed by atoms with Crippen LogP contribution in [0.2, 0.25) is 5.02 Å². The number of hydrogen-bond acceptors (Lipinski definition) is 2. The molecule has 0 spiro atoms. The Kier molecular flexibility index (Phi) is 2.94. The van der Waals surface area contributed by atoms with Crippen molar-refractivity contribution in [2.45, 2.75) is 0 Å². The fourth-order valence-corrected chi connectivity index (χ4v) is 2.06. The lowest BCUT2D eigenvalue weighted by atomic mass is 10.2. The first-order valence-corrected chi connectivity index (χ1v) is 6.05. The topological polar surface area (TPSA) is 49.8 Å². The van der Waals surface area contributed by atoms with Crippen molar-refractivity contribution in [1.82, 2.24) is 9.89 Å². The SMILES string of the molecule is O=c1[nH]n(Nc2ccccc2Cl)c2cc(F)c(F)cc12. The highest BCUT2D eigenvalue weighted by Crippen LogP contribution is 2.22. The molecule has 1 aromatic heterocycles. The van der Waals surface area contributed by atoms with E-state index in [2.05, 4.69) is 10.5 Å². The summed E-state index contributed by atoms with van der Waals surface area (Å²) >= 11 is 5.99. The monoisotopic (exact) mass is 295 g/mol. The van der Waals surface area contributed by atoms with Crippen LogP contribution in [0.5, 0.6) is 0 Å².